The first-order chi connectivity index (χ1) is 8.70. The van der Waals surface area contributed by atoms with Crippen molar-refractivity contribution in [3.63, 3.8) is 0 Å². The van der Waals surface area contributed by atoms with Crippen molar-refractivity contribution in [2.45, 2.75) is 13.5 Å². The molecule has 18 heavy (non-hydrogen) atoms. The molecule has 2 nitrogen and oxygen atoms in total. The van der Waals surface area contributed by atoms with Crippen LogP contribution in [0.1, 0.15) is 16.7 Å². The molecule has 0 saturated carbocycles. The fraction of sp³-hybridized carbons (Fsp3) is 0.133. The zero-order valence-electron chi connectivity index (χ0n) is 9.98. The van der Waals surface area contributed by atoms with Crippen LogP contribution in [0.25, 0.3) is 0 Å². The Morgan fingerprint density at radius 1 is 1.22 bits per heavy atom. The van der Waals surface area contributed by atoms with E-state index in [4.69, 9.17) is 10.00 Å². The van der Waals surface area contributed by atoms with Crippen molar-refractivity contribution >= 4 is 15.9 Å². The van der Waals surface area contributed by atoms with E-state index in [0.29, 0.717) is 12.2 Å². The van der Waals surface area contributed by atoms with Crippen LogP contribution in [-0.4, -0.2) is 0 Å². The molecule has 3 heteroatoms. The van der Waals surface area contributed by atoms with Gasteiger partial charge in [-0.1, -0.05) is 24.3 Å². The van der Waals surface area contributed by atoms with Gasteiger partial charge in [0.15, 0.2) is 0 Å². The Balaban J connectivity index is 2.14. The summed E-state index contributed by atoms with van der Waals surface area (Å²) in [6.07, 6.45) is 0. The predicted molar refractivity (Wildman–Crippen MR) is 74.4 cm³/mol. The van der Waals surface area contributed by atoms with E-state index >= 15 is 0 Å². The second kappa shape index (κ2) is 5.70. The van der Waals surface area contributed by atoms with Gasteiger partial charge >= 0.3 is 0 Å². The van der Waals surface area contributed by atoms with Crippen molar-refractivity contribution in [1.82, 2.24) is 0 Å². The molecule has 90 valence electrons. The zero-order chi connectivity index (χ0) is 13.0. The van der Waals surface area contributed by atoms with Crippen molar-refractivity contribution in [3.8, 4) is 11.8 Å². The molecular weight excluding hydrogens is 290 g/mol. The standard InChI is InChI=1S/C15H12BrNO/c1-11-6-7-15(14(16)8-11)18-10-13-5-3-2-4-12(13)9-17/h2-8H,10H2,1H3. The number of benzene rings is 2. The fourth-order valence-electron chi connectivity index (χ4n) is 1.63. The van der Waals surface area contributed by atoms with Crippen molar-refractivity contribution in [2.24, 2.45) is 0 Å². The lowest BCUT2D eigenvalue weighted by Crippen LogP contribution is -1.98. The van der Waals surface area contributed by atoms with E-state index in [1.807, 2.05) is 43.3 Å². The van der Waals surface area contributed by atoms with Gasteiger partial charge in [-0.2, -0.15) is 5.26 Å². The van der Waals surface area contributed by atoms with Gasteiger partial charge in [0.05, 0.1) is 16.1 Å². The van der Waals surface area contributed by atoms with Gasteiger partial charge in [-0.15, -0.1) is 0 Å². The second-order valence-corrected chi connectivity index (χ2v) is 4.85. The zero-order valence-corrected chi connectivity index (χ0v) is 11.6. The molecule has 2 aromatic carbocycles. The van der Waals surface area contributed by atoms with Crippen molar-refractivity contribution in [1.29, 1.82) is 5.26 Å². The largest absolute Gasteiger partial charge is 0.488 e. The third-order valence-corrected chi connectivity index (χ3v) is 3.23. The highest BCUT2D eigenvalue weighted by Crippen LogP contribution is 2.26. The van der Waals surface area contributed by atoms with Crippen LogP contribution in [0.2, 0.25) is 0 Å². The SMILES string of the molecule is Cc1ccc(OCc2ccccc2C#N)c(Br)c1. The molecule has 2 aromatic rings. The van der Waals surface area contributed by atoms with Gasteiger partial charge in [-0.3, -0.25) is 0 Å². The molecule has 0 aliphatic heterocycles. The third-order valence-electron chi connectivity index (χ3n) is 2.61. The molecule has 0 aliphatic carbocycles. The summed E-state index contributed by atoms with van der Waals surface area (Å²) in [5, 5.41) is 8.99. The average molecular weight is 302 g/mol. The van der Waals surface area contributed by atoms with Crippen LogP contribution in [0.5, 0.6) is 5.75 Å². The molecule has 0 N–H and O–H groups in total. The lowest BCUT2D eigenvalue weighted by molar-refractivity contribution is 0.304. The van der Waals surface area contributed by atoms with E-state index in [0.717, 1.165) is 15.8 Å². The third kappa shape index (κ3) is 2.91. The number of halogens is 1. The van der Waals surface area contributed by atoms with Crippen LogP contribution in [0.3, 0.4) is 0 Å². The summed E-state index contributed by atoms with van der Waals surface area (Å²) in [7, 11) is 0. The number of aryl methyl sites for hydroxylation is 1. The Bertz CT molecular complexity index is 602. The molecule has 0 unspecified atom stereocenters. The normalized spacial score (nSPS) is 9.83. The Morgan fingerprint density at radius 3 is 2.72 bits per heavy atom. The maximum absolute atomic E-state index is 8.99. The first kappa shape index (κ1) is 12.7. The molecule has 2 rings (SSSR count). The van der Waals surface area contributed by atoms with Gasteiger partial charge in [0.1, 0.15) is 12.4 Å². The van der Waals surface area contributed by atoms with Crippen LogP contribution < -0.4 is 4.74 Å². The summed E-state index contributed by atoms with van der Waals surface area (Å²) in [5.41, 5.74) is 2.72. The molecule has 0 saturated heterocycles. The van der Waals surface area contributed by atoms with Crippen LogP contribution in [0, 0.1) is 18.3 Å². The monoisotopic (exact) mass is 301 g/mol. The van der Waals surface area contributed by atoms with Gasteiger partial charge in [0.2, 0.25) is 0 Å². The molecular formula is C15H12BrNO. The van der Waals surface area contributed by atoms with E-state index in [9.17, 15) is 0 Å². The summed E-state index contributed by atoms with van der Waals surface area (Å²) in [6.45, 7) is 2.42. The van der Waals surface area contributed by atoms with Gasteiger partial charge < -0.3 is 4.74 Å². The highest BCUT2D eigenvalue weighted by Gasteiger charge is 2.04. The highest BCUT2D eigenvalue weighted by molar-refractivity contribution is 9.10. The van der Waals surface area contributed by atoms with Gasteiger partial charge in [-0.05, 0) is 46.6 Å². The highest BCUT2D eigenvalue weighted by atomic mass is 79.9. The Hall–Kier alpha value is -1.79. The number of nitrogens with zero attached hydrogens (tertiary/aromatic N) is 1. The smallest absolute Gasteiger partial charge is 0.134 e. The van der Waals surface area contributed by atoms with Crippen LogP contribution in [-0.2, 0) is 6.61 Å². The van der Waals surface area contributed by atoms with E-state index in [-0.39, 0.29) is 0 Å². The summed E-state index contributed by atoms with van der Waals surface area (Å²) >= 11 is 3.47. The summed E-state index contributed by atoms with van der Waals surface area (Å²) in [4.78, 5) is 0. The Kier molecular flexibility index (Phi) is 4.01. The minimum atomic E-state index is 0.394. The molecule has 0 spiro atoms. The summed E-state index contributed by atoms with van der Waals surface area (Å²) < 4.78 is 6.65. The van der Waals surface area contributed by atoms with Crippen LogP contribution in [0.15, 0.2) is 46.9 Å². The van der Waals surface area contributed by atoms with E-state index in [1.165, 1.54) is 5.56 Å². The van der Waals surface area contributed by atoms with Gasteiger partial charge in [-0.25, -0.2) is 0 Å². The molecule has 0 atom stereocenters. The summed E-state index contributed by atoms with van der Waals surface area (Å²) in [5.74, 6) is 0.786. The van der Waals surface area contributed by atoms with E-state index in [1.54, 1.807) is 6.07 Å². The molecule has 0 aliphatic rings. The van der Waals surface area contributed by atoms with Crippen molar-refractivity contribution < 1.29 is 4.74 Å². The van der Waals surface area contributed by atoms with Crippen LogP contribution in [0.4, 0.5) is 0 Å². The van der Waals surface area contributed by atoms with Gasteiger partial charge in [0, 0.05) is 5.56 Å². The fourth-order valence-corrected chi connectivity index (χ4v) is 2.24. The Morgan fingerprint density at radius 2 is 2.00 bits per heavy atom. The molecule has 0 radical (unpaired) electrons. The molecule has 0 heterocycles. The number of rotatable bonds is 3. The van der Waals surface area contributed by atoms with Crippen molar-refractivity contribution in [3.05, 3.63) is 63.6 Å². The lowest BCUT2D eigenvalue weighted by atomic mass is 10.1. The molecule has 0 fully saturated rings. The Labute approximate surface area is 115 Å². The molecule has 0 bridgehead atoms. The topological polar surface area (TPSA) is 33.0 Å². The average Bonchev–Trinajstić information content (AvgIpc) is 2.38. The van der Waals surface area contributed by atoms with E-state index < -0.39 is 0 Å². The minimum Gasteiger partial charge on any atom is -0.488 e. The molecule has 0 amide bonds. The van der Waals surface area contributed by atoms with Gasteiger partial charge in [0.25, 0.3) is 0 Å². The number of hydrogen-bond donors (Lipinski definition) is 0. The van der Waals surface area contributed by atoms with Crippen molar-refractivity contribution in [2.75, 3.05) is 0 Å². The number of ether oxygens (including phenoxy) is 1. The van der Waals surface area contributed by atoms with Crippen LogP contribution >= 0.6 is 15.9 Å². The first-order valence-electron chi connectivity index (χ1n) is 5.57. The quantitative estimate of drug-likeness (QED) is 0.851. The summed E-state index contributed by atoms with van der Waals surface area (Å²) in [6, 6.07) is 15.5. The van der Waals surface area contributed by atoms with E-state index in [2.05, 4.69) is 22.0 Å². The second-order valence-electron chi connectivity index (χ2n) is 3.99. The maximum Gasteiger partial charge on any atom is 0.134 e. The predicted octanol–water partition coefficient (Wildman–Crippen LogP) is 4.21. The number of hydrogen-bond acceptors (Lipinski definition) is 2. The minimum absolute atomic E-state index is 0.394. The first-order valence-corrected chi connectivity index (χ1v) is 6.37. The molecule has 0 aromatic heterocycles. The maximum atomic E-state index is 8.99. The number of nitriles is 1. The lowest BCUT2D eigenvalue weighted by Gasteiger charge is -2.09.